The Balaban J connectivity index is 0.000000924. The van der Waals surface area contributed by atoms with E-state index in [9.17, 15) is 22.8 Å². The summed E-state index contributed by atoms with van der Waals surface area (Å²) >= 11 is 5.77. The molecule has 2 heterocycles. The van der Waals surface area contributed by atoms with Crippen LogP contribution in [0.15, 0.2) is 83.2 Å². The number of nitrogens with one attached hydrogen (secondary N) is 1. The number of alkyl halides is 2. The summed E-state index contributed by atoms with van der Waals surface area (Å²) in [5.41, 5.74) is 1.36. The third-order valence-electron chi connectivity index (χ3n) is 7.72. The van der Waals surface area contributed by atoms with Gasteiger partial charge in [0.1, 0.15) is 11.6 Å². The van der Waals surface area contributed by atoms with Crippen LogP contribution in [0.25, 0.3) is 5.57 Å². The Morgan fingerprint density at radius 2 is 1.82 bits per heavy atom. The Morgan fingerprint density at radius 3 is 2.39 bits per heavy atom. The maximum absolute atomic E-state index is 14.5. The minimum Gasteiger partial charge on any atom is -0.453 e. The van der Waals surface area contributed by atoms with Crippen LogP contribution < -0.4 is 5.32 Å². The molecule has 12 heteroatoms. The first-order valence-corrected chi connectivity index (χ1v) is 16.5. The predicted molar refractivity (Wildman–Crippen MR) is 190 cm³/mol. The number of carbonyl (C=O) groups is 2. The van der Waals surface area contributed by atoms with Gasteiger partial charge in [-0.15, -0.1) is 0 Å². The van der Waals surface area contributed by atoms with Crippen molar-refractivity contribution in [1.82, 2.24) is 9.78 Å². The molecule has 266 valence electrons. The van der Waals surface area contributed by atoms with Gasteiger partial charge < -0.3 is 14.8 Å². The summed E-state index contributed by atoms with van der Waals surface area (Å²) in [5, 5.41) is 6.79. The molecule has 0 aliphatic carbocycles. The van der Waals surface area contributed by atoms with Gasteiger partial charge >= 0.3 is 0 Å². The first kappa shape index (κ1) is 40.8. The molecule has 1 aliphatic rings. The lowest BCUT2D eigenvalue weighted by molar-refractivity contribution is -0.120. The number of ketones is 1. The van der Waals surface area contributed by atoms with Gasteiger partial charge in [0.15, 0.2) is 11.5 Å². The number of ether oxygens (including phenoxy) is 2. The lowest BCUT2D eigenvalue weighted by atomic mass is 10.0. The molecule has 1 aromatic carbocycles. The van der Waals surface area contributed by atoms with Crippen molar-refractivity contribution in [1.29, 1.82) is 0 Å². The van der Waals surface area contributed by atoms with Gasteiger partial charge in [0.25, 0.3) is 12.3 Å². The molecule has 1 amide bonds. The zero-order chi connectivity index (χ0) is 36.8. The highest BCUT2D eigenvalue weighted by Crippen LogP contribution is 2.36. The summed E-state index contributed by atoms with van der Waals surface area (Å²) in [6.45, 7) is 21.0. The van der Waals surface area contributed by atoms with Crippen LogP contribution in [0.4, 0.5) is 18.9 Å². The van der Waals surface area contributed by atoms with E-state index in [-0.39, 0.29) is 40.5 Å². The number of nitrogens with zero attached hydrogens (tertiary/aromatic N) is 3. The number of hydrogen-bond acceptors (Lipinski definition) is 6. The van der Waals surface area contributed by atoms with Crippen LogP contribution in [-0.2, 0) is 19.1 Å². The quantitative estimate of drug-likeness (QED) is 0.147. The molecule has 1 N–H and O–H groups in total. The number of hydrogen-bond donors (Lipinski definition) is 1. The number of aromatic nitrogens is 2. The molecule has 0 radical (unpaired) electrons. The van der Waals surface area contributed by atoms with E-state index in [0.29, 0.717) is 29.4 Å². The second-order valence-corrected chi connectivity index (χ2v) is 11.9. The molecule has 3 rings (SSSR count). The van der Waals surface area contributed by atoms with Crippen molar-refractivity contribution in [3.05, 3.63) is 100 Å². The van der Waals surface area contributed by atoms with Gasteiger partial charge in [0.2, 0.25) is 6.79 Å². The highest BCUT2D eigenvalue weighted by atomic mass is 35.5. The molecule has 0 bridgehead atoms. The topological polar surface area (TPSA) is 94.8 Å². The average molecular weight is 703 g/mol. The number of amides is 1. The van der Waals surface area contributed by atoms with E-state index in [0.717, 1.165) is 55.0 Å². The molecular weight excluding hydrogens is 657 g/mol. The Kier molecular flexibility index (Phi) is 16.3. The zero-order valence-electron chi connectivity index (χ0n) is 29.2. The maximum Gasteiger partial charge on any atom is 0.264 e. The van der Waals surface area contributed by atoms with Gasteiger partial charge in [-0.05, 0) is 57.2 Å². The predicted octanol–water partition coefficient (Wildman–Crippen LogP) is 10.3. The summed E-state index contributed by atoms with van der Waals surface area (Å²) < 4.78 is 54.3. The third kappa shape index (κ3) is 11.3. The number of allylic oxidation sites excluding steroid dienone is 4. The normalized spacial score (nSPS) is 14.6. The van der Waals surface area contributed by atoms with Crippen molar-refractivity contribution in [2.24, 2.45) is 10.9 Å². The summed E-state index contributed by atoms with van der Waals surface area (Å²) in [5.74, 6) is 0.312. The smallest absolute Gasteiger partial charge is 0.264 e. The fourth-order valence-electron chi connectivity index (χ4n) is 4.70. The monoisotopic (exact) mass is 702 g/mol. The molecule has 2 unspecified atom stereocenters. The summed E-state index contributed by atoms with van der Waals surface area (Å²) in [7, 11) is 0. The van der Waals surface area contributed by atoms with Crippen LogP contribution in [0.3, 0.4) is 0 Å². The van der Waals surface area contributed by atoms with E-state index in [1.54, 1.807) is 17.8 Å². The number of anilines is 1. The van der Waals surface area contributed by atoms with Gasteiger partial charge in [-0.2, -0.15) is 5.10 Å². The van der Waals surface area contributed by atoms with Crippen molar-refractivity contribution in [3.8, 4) is 0 Å². The number of rotatable bonds is 15. The van der Waals surface area contributed by atoms with Gasteiger partial charge in [0, 0.05) is 41.2 Å². The first-order chi connectivity index (χ1) is 23.2. The van der Waals surface area contributed by atoms with Gasteiger partial charge in [-0.25, -0.2) is 13.2 Å². The molecule has 1 aliphatic heterocycles. The van der Waals surface area contributed by atoms with Crippen LogP contribution in [-0.4, -0.2) is 34.5 Å². The zero-order valence-corrected chi connectivity index (χ0v) is 30.0. The van der Waals surface area contributed by atoms with E-state index in [2.05, 4.69) is 35.5 Å². The fraction of sp³-hybridized carbons (Fsp3) is 0.405. The summed E-state index contributed by atoms with van der Waals surface area (Å²) in [4.78, 5) is 27.2. The Hall–Kier alpha value is -4.38. The van der Waals surface area contributed by atoms with Crippen LogP contribution in [0.1, 0.15) is 97.7 Å². The molecule has 49 heavy (non-hydrogen) atoms. The van der Waals surface area contributed by atoms with Crippen LogP contribution in [0, 0.1) is 11.7 Å². The SMILES string of the molecule is C=C(C=N/C=C(\C)c1c(C(F)F)ccc(Cl)c1F)C(=O)Nc1cnn(C(C)/C(=C/CC)C2=C(C(=C)CC)OCO2)c1.CCCC(C)C(C)=O. The number of carbonyl (C=O) groups excluding carboxylic acids is 2. The first-order valence-electron chi connectivity index (χ1n) is 16.1. The van der Waals surface area contributed by atoms with E-state index in [1.165, 1.54) is 13.1 Å². The molecule has 0 spiro atoms. The number of halogens is 4. The molecule has 1 aromatic heterocycles. The molecule has 2 atom stereocenters. The molecule has 0 fully saturated rings. The lowest BCUT2D eigenvalue weighted by Crippen LogP contribution is -2.14. The molecular formula is C37H46ClF3N4O4. The van der Waals surface area contributed by atoms with E-state index in [4.69, 9.17) is 21.1 Å². The average Bonchev–Trinajstić information content (AvgIpc) is 3.74. The fourth-order valence-corrected chi connectivity index (χ4v) is 4.86. The summed E-state index contributed by atoms with van der Waals surface area (Å²) in [6.07, 6.45) is 8.20. The minimum absolute atomic E-state index is 0.0218. The van der Waals surface area contributed by atoms with Crippen molar-refractivity contribution in [3.63, 3.8) is 0 Å². The summed E-state index contributed by atoms with van der Waals surface area (Å²) in [6, 6.07) is 1.89. The molecule has 0 saturated heterocycles. The molecule has 8 nitrogen and oxygen atoms in total. The van der Waals surface area contributed by atoms with Crippen LogP contribution in [0.5, 0.6) is 0 Å². The highest BCUT2D eigenvalue weighted by Gasteiger charge is 2.27. The lowest BCUT2D eigenvalue weighted by Gasteiger charge is -2.18. The molecule has 0 saturated carbocycles. The van der Waals surface area contributed by atoms with Gasteiger partial charge in [0.05, 0.1) is 28.5 Å². The van der Waals surface area contributed by atoms with E-state index >= 15 is 0 Å². The van der Waals surface area contributed by atoms with Crippen LogP contribution >= 0.6 is 11.6 Å². The van der Waals surface area contributed by atoms with E-state index < -0.39 is 23.7 Å². The van der Waals surface area contributed by atoms with Crippen LogP contribution in [0.2, 0.25) is 5.02 Å². The Morgan fingerprint density at radius 1 is 1.14 bits per heavy atom. The van der Waals surface area contributed by atoms with Gasteiger partial charge in [-0.3, -0.25) is 19.3 Å². The van der Waals surface area contributed by atoms with Crippen molar-refractivity contribution in [2.75, 3.05) is 12.1 Å². The van der Waals surface area contributed by atoms with Gasteiger partial charge in [-0.1, -0.05) is 71.0 Å². The number of Topliss-reactive ketones (excluding diaryl/α,β-unsaturated/α-hetero) is 1. The van der Waals surface area contributed by atoms with Crippen molar-refractivity contribution in [2.45, 2.75) is 86.6 Å². The number of aliphatic imine (C=N–C) groups is 1. The highest BCUT2D eigenvalue weighted by molar-refractivity contribution is 6.31. The van der Waals surface area contributed by atoms with Crippen molar-refractivity contribution < 1.29 is 32.2 Å². The largest absolute Gasteiger partial charge is 0.453 e. The van der Waals surface area contributed by atoms with Crippen molar-refractivity contribution >= 4 is 40.8 Å². The minimum atomic E-state index is -2.91. The second-order valence-electron chi connectivity index (χ2n) is 11.5. The Bertz CT molecular complexity index is 1640. The Labute approximate surface area is 292 Å². The maximum atomic E-state index is 14.5. The third-order valence-corrected chi connectivity index (χ3v) is 8.01. The standard InChI is InChI=1S/C30H32ClF3N4O3.C7H14O/c1-7-9-22(28-27(17(3)8-2)40-16-41-28)20(6)38-15-21(14-36-38)37-30(39)19(5)13-35-12-18(4)25-23(29(33)34)10-11-24(31)26(25)32;1-4-5-6(2)7(3)8/h9-15,20,29H,3,5,7-8,16H2,1-2,4,6H3,(H,37,39);6H,4-5H2,1-3H3/b18-12+,22-9-,35-13?;. The number of benzene rings is 1. The van der Waals surface area contributed by atoms with E-state index in [1.807, 2.05) is 33.8 Å². The molecule has 2 aromatic rings. The second kappa shape index (κ2) is 19.6.